The summed E-state index contributed by atoms with van der Waals surface area (Å²) in [5.41, 5.74) is 7.28. The fourth-order valence-electron chi connectivity index (χ4n) is 3.07. The molecule has 1 aromatic rings. The van der Waals surface area contributed by atoms with Crippen molar-refractivity contribution in [3.63, 3.8) is 0 Å². The van der Waals surface area contributed by atoms with Gasteiger partial charge in [-0.25, -0.2) is 0 Å². The van der Waals surface area contributed by atoms with Gasteiger partial charge in [-0.15, -0.1) is 0 Å². The Hall–Kier alpha value is -1.03. The maximum absolute atomic E-state index is 12.8. The molecule has 0 bridgehead atoms. The normalized spacial score (nSPS) is 17.4. The Kier molecular flexibility index (Phi) is 4.19. The fraction of sp³-hybridized carbons (Fsp3) is 0.533. The molecule has 1 saturated carbocycles. The molecule has 1 aliphatic carbocycles. The van der Waals surface area contributed by atoms with Crippen LogP contribution < -0.4 is 10.6 Å². The predicted octanol–water partition coefficient (Wildman–Crippen LogP) is 3.96. The molecule has 1 aromatic carbocycles. The Labute approximate surface area is 123 Å². The van der Waals surface area contributed by atoms with Gasteiger partial charge in [-0.3, -0.25) is 4.79 Å². The van der Waals surface area contributed by atoms with Gasteiger partial charge in [-0.2, -0.15) is 0 Å². The summed E-state index contributed by atoms with van der Waals surface area (Å²) in [7, 11) is 1.83. The van der Waals surface area contributed by atoms with Crippen LogP contribution in [0.4, 0.5) is 11.4 Å². The van der Waals surface area contributed by atoms with E-state index in [9.17, 15) is 4.79 Å². The molecule has 3 nitrogen and oxygen atoms in total. The first-order valence-corrected chi connectivity index (χ1v) is 7.63. The molecule has 0 saturated heterocycles. The zero-order valence-electron chi connectivity index (χ0n) is 11.6. The van der Waals surface area contributed by atoms with Crippen LogP contribution in [-0.4, -0.2) is 13.0 Å². The average Bonchev–Trinajstić information content (AvgIpc) is 2.87. The number of carbonyl (C=O) groups excluding carboxylic acids is 1. The highest BCUT2D eigenvalue weighted by molar-refractivity contribution is 9.10. The molecule has 1 fully saturated rings. The quantitative estimate of drug-likeness (QED) is 0.855. The number of carbonyl (C=O) groups is 1. The van der Waals surface area contributed by atoms with Crippen LogP contribution in [0.3, 0.4) is 0 Å². The molecule has 0 spiro atoms. The maximum Gasteiger partial charge on any atom is 0.232 e. The molecule has 104 valence electrons. The van der Waals surface area contributed by atoms with E-state index in [4.69, 9.17) is 5.73 Å². The molecule has 0 aliphatic heterocycles. The number of benzene rings is 1. The van der Waals surface area contributed by atoms with Crippen LogP contribution in [0.25, 0.3) is 0 Å². The van der Waals surface area contributed by atoms with Crippen LogP contribution in [0.5, 0.6) is 0 Å². The largest absolute Gasteiger partial charge is 0.397 e. The number of hydrogen-bond donors (Lipinski definition) is 1. The van der Waals surface area contributed by atoms with Crippen LogP contribution in [-0.2, 0) is 4.79 Å². The lowest BCUT2D eigenvalue weighted by Crippen LogP contribution is -2.40. The highest BCUT2D eigenvalue weighted by Gasteiger charge is 2.41. The van der Waals surface area contributed by atoms with Gasteiger partial charge < -0.3 is 10.6 Å². The van der Waals surface area contributed by atoms with Gasteiger partial charge in [-0.05, 0) is 37.5 Å². The third-order valence-corrected chi connectivity index (χ3v) is 4.84. The van der Waals surface area contributed by atoms with Gasteiger partial charge in [0.15, 0.2) is 0 Å². The lowest BCUT2D eigenvalue weighted by molar-refractivity contribution is -0.127. The Morgan fingerprint density at radius 1 is 1.42 bits per heavy atom. The van der Waals surface area contributed by atoms with E-state index in [0.717, 1.165) is 42.3 Å². The van der Waals surface area contributed by atoms with Crippen molar-refractivity contribution in [3.8, 4) is 0 Å². The Balaban J connectivity index is 2.28. The number of hydrogen-bond acceptors (Lipinski definition) is 2. The first kappa shape index (κ1) is 14.4. The van der Waals surface area contributed by atoms with Gasteiger partial charge in [0.25, 0.3) is 0 Å². The van der Waals surface area contributed by atoms with E-state index >= 15 is 0 Å². The lowest BCUT2D eigenvalue weighted by Gasteiger charge is -2.32. The summed E-state index contributed by atoms with van der Waals surface area (Å²) in [6, 6.07) is 5.66. The number of nitrogen functional groups attached to an aromatic ring is 1. The molecule has 0 heterocycles. The molecule has 4 heteroatoms. The molecule has 0 unspecified atom stereocenters. The fourth-order valence-corrected chi connectivity index (χ4v) is 3.45. The van der Waals surface area contributed by atoms with Crippen molar-refractivity contribution in [1.29, 1.82) is 0 Å². The van der Waals surface area contributed by atoms with Crippen LogP contribution in [0.15, 0.2) is 22.7 Å². The number of halogens is 1. The van der Waals surface area contributed by atoms with Crippen molar-refractivity contribution < 1.29 is 4.79 Å². The number of nitrogens with zero attached hydrogens (tertiary/aromatic N) is 1. The number of nitrogens with two attached hydrogens (primary N) is 1. The summed E-state index contributed by atoms with van der Waals surface area (Å²) >= 11 is 3.39. The predicted molar refractivity (Wildman–Crippen MR) is 83.2 cm³/mol. The zero-order chi connectivity index (χ0) is 14.0. The Morgan fingerprint density at radius 3 is 2.58 bits per heavy atom. The van der Waals surface area contributed by atoms with E-state index in [1.54, 1.807) is 4.90 Å². The van der Waals surface area contributed by atoms with Crippen molar-refractivity contribution >= 4 is 33.2 Å². The van der Waals surface area contributed by atoms with Crippen LogP contribution in [0.1, 0.15) is 39.0 Å². The first-order valence-electron chi connectivity index (χ1n) is 6.83. The van der Waals surface area contributed by atoms with E-state index in [2.05, 4.69) is 22.9 Å². The molecular weight excluding hydrogens is 304 g/mol. The minimum Gasteiger partial charge on any atom is -0.397 e. The van der Waals surface area contributed by atoms with E-state index in [1.165, 1.54) is 0 Å². The first-order chi connectivity index (χ1) is 9.00. The number of anilines is 2. The van der Waals surface area contributed by atoms with Crippen LogP contribution in [0.2, 0.25) is 0 Å². The van der Waals surface area contributed by atoms with Gasteiger partial charge in [0.2, 0.25) is 5.91 Å². The van der Waals surface area contributed by atoms with Crippen molar-refractivity contribution in [1.82, 2.24) is 0 Å². The highest BCUT2D eigenvalue weighted by Crippen LogP contribution is 2.43. The average molecular weight is 325 g/mol. The van der Waals surface area contributed by atoms with Crippen molar-refractivity contribution in [2.45, 2.75) is 39.0 Å². The minimum atomic E-state index is -0.172. The standard InChI is InChI=1S/C15H21BrN2O/c1-3-15(8-4-5-9-15)14(19)18(2)13-7-6-11(16)10-12(13)17/h6-7,10H,3-5,8-9,17H2,1-2H3. The van der Waals surface area contributed by atoms with Gasteiger partial charge >= 0.3 is 0 Å². The Morgan fingerprint density at radius 2 is 2.05 bits per heavy atom. The molecule has 2 N–H and O–H groups in total. The monoisotopic (exact) mass is 324 g/mol. The van der Waals surface area contributed by atoms with Crippen molar-refractivity contribution in [3.05, 3.63) is 22.7 Å². The third-order valence-electron chi connectivity index (χ3n) is 4.35. The smallest absolute Gasteiger partial charge is 0.232 e. The summed E-state index contributed by atoms with van der Waals surface area (Å²) in [5.74, 6) is 0.210. The SMILES string of the molecule is CCC1(C(=O)N(C)c2ccc(Br)cc2N)CCCC1. The second kappa shape index (κ2) is 5.53. The molecule has 0 aromatic heterocycles. The maximum atomic E-state index is 12.8. The number of rotatable bonds is 3. The van der Waals surface area contributed by atoms with E-state index in [-0.39, 0.29) is 11.3 Å². The second-order valence-electron chi connectivity index (χ2n) is 5.41. The van der Waals surface area contributed by atoms with E-state index in [0.29, 0.717) is 5.69 Å². The third kappa shape index (κ3) is 2.64. The van der Waals surface area contributed by atoms with Gasteiger partial charge in [-0.1, -0.05) is 35.7 Å². The highest BCUT2D eigenvalue weighted by atomic mass is 79.9. The van der Waals surface area contributed by atoms with Crippen molar-refractivity contribution in [2.75, 3.05) is 17.7 Å². The molecular formula is C15H21BrN2O. The topological polar surface area (TPSA) is 46.3 Å². The molecule has 2 rings (SSSR count). The van der Waals surface area contributed by atoms with Crippen molar-refractivity contribution in [2.24, 2.45) is 5.41 Å². The van der Waals surface area contributed by atoms with Gasteiger partial charge in [0.1, 0.15) is 0 Å². The van der Waals surface area contributed by atoms with E-state index < -0.39 is 0 Å². The Bertz CT molecular complexity index is 481. The molecule has 0 atom stereocenters. The summed E-state index contributed by atoms with van der Waals surface area (Å²) in [5, 5.41) is 0. The lowest BCUT2D eigenvalue weighted by atomic mass is 9.82. The van der Waals surface area contributed by atoms with Crippen LogP contribution >= 0.6 is 15.9 Å². The summed E-state index contributed by atoms with van der Waals surface area (Å²) in [6.07, 6.45) is 5.23. The molecule has 19 heavy (non-hydrogen) atoms. The van der Waals surface area contributed by atoms with Gasteiger partial charge in [0, 0.05) is 16.9 Å². The summed E-state index contributed by atoms with van der Waals surface area (Å²) < 4.78 is 0.931. The summed E-state index contributed by atoms with van der Waals surface area (Å²) in [6.45, 7) is 2.11. The van der Waals surface area contributed by atoms with Crippen LogP contribution in [0, 0.1) is 5.41 Å². The number of amides is 1. The molecule has 0 radical (unpaired) electrons. The second-order valence-corrected chi connectivity index (χ2v) is 6.32. The van der Waals surface area contributed by atoms with Gasteiger partial charge in [0.05, 0.1) is 11.4 Å². The summed E-state index contributed by atoms with van der Waals surface area (Å²) in [4.78, 5) is 14.5. The zero-order valence-corrected chi connectivity index (χ0v) is 13.2. The minimum absolute atomic E-state index is 0.172. The molecule has 1 aliphatic rings. The molecule has 1 amide bonds. The van der Waals surface area contributed by atoms with E-state index in [1.807, 2.05) is 25.2 Å².